The van der Waals surface area contributed by atoms with E-state index in [0.717, 1.165) is 12.1 Å². The predicted octanol–water partition coefficient (Wildman–Crippen LogP) is 3.33. The fraction of sp³-hybridized carbons (Fsp3) is 0.143. The van der Waals surface area contributed by atoms with Crippen molar-refractivity contribution in [1.82, 2.24) is 0 Å². The molecule has 0 fully saturated rings. The molecule has 0 aliphatic heterocycles. The standard InChI is InChI=1S/C7H3BrF4O/c8-3-1-2-4(9)5(10)6(3)13-7(11)12/h1-2,7H. The average Bonchev–Trinajstić information content (AvgIpc) is 2.05. The molecule has 1 rings (SSSR count). The first-order valence-corrected chi connectivity index (χ1v) is 3.90. The third kappa shape index (κ3) is 2.33. The monoisotopic (exact) mass is 258 g/mol. The molecule has 0 unspecified atom stereocenters. The first kappa shape index (κ1) is 10.3. The lowest BCUT2D eigenvalue weighted by molar-refractivity contribution is -0.0530. The minimum absolute atomic E-state index is 0.0632. The van der Waals surface area contributed by atoms with Crippen molar-refractivity contribution in [1.29, 1.82) is 0 Å². The molecule has 0 spiro atoms. The van der Waals surface area contributed by atoms with Gasteiger partial charge >= 0.3 is 6.61 Å². The van der Waals surface area contributed by atoms with E-state index in [0.29, 0.717) is 0 Å². The maximum atomic E-state index is 12.8. The summed E-state index contributed by atoms with van der Waals surface area (Å²) < 4.78 is 52.3. The summed E-state index contributed by atoms with van der Waals surface area (Å²) in [5.74, 6) is -3.50. The smallest absolute Gasteiger partial charge is 0.387 e. The van der Waals surface area contributed by atoms with Crippen molar-refractivity contribution in [3.05, 3.63) is 28.2 Å². The number of halogens is 5. The van der Waals surface area contributed by atoms with Gasteiger partial charge in [-0.1, -0.05) is 0 Å². The minimum Gasteiger partial charge on any atom is -0.430 e. The molecule has 0 N–H and O–H groups in total. The van der Waals surface area contributed by atoms with Crippen LogP contribution in [0.3, 0.4) is 0 Å². The summed E-state index contributed by atoms with van der Waals surface area (Å²) in [5.41, 5.74) is 0. The van der Waals surface area contributed by atoms with Gasteiger partial charge in [0.2, 0.25) is 5.82 Å². The van der Waals surface area contributed by atoms with Crippen LogP contribution >= 0.6 is 15.9 Å². The Bertz CT molecular complexity index is 316. The van der Waals surface area contributed by atoms with Crippen LogP contribution in [0.2, 0.25) is 0 Å². The Morgan fingerprint density at radius 2 is 1.85 bits per heavy atom. The number of hydrogen-bond acceptors (Lipinski definition) is 1. The first-order valence-electron chi connectivity index (χ1n) is 3.10. The third-order valence-corrected chi connectivity index (χ3v) is 1.83. The molecule has 0 bridgehead atoms. The summed E-state index contributed by atoms with van der Waals surface area (Å²) >= 11 is 2.74. The van der Waals surface area contributed by atoms with Crippen molar-refractivity contribution in [3.63, 3.8) is 0 Å². The van der Waals surface area contributed by atoms with E-state index < -0.39 is 24.0 Å². The van der Waals surface area contributed by atoms with E-state index in [9.17, 15) is 17.6 Å². The highest BCUT2D eigenvalue weighted by Gasteiger charge is 2.16. The number of hydrogen-bond donors (Lipinski definition) is 0. The van der Waals surface area contributed by atoms with Crippen LogP contribution in [0.4, 0.5) is 17.6 Å². The number of benzene rings is 1. The second kappa shape index (κ2) is 3.95. The molecule has 0 heterocycles. The highest BCUT2D eigenvalue weighted by molar-refractivity contribution is 9.10. The second-order valence-electron chi connectivity index (χ2n) is 2.05. The van der Waals surface area contributed by atoms with Crippen LogP contribution in [0, 0.1) is 11.6 Å². The van der Waals surface area contributed by atoms with Gasteiger partial charge in [-0.2, -0.15) is 13.2 Å². The second-order valence-corrected chi connectivity index (χ2v) is 2.91. The van der Waals surface area contributed by atoms with E-state index >= 15 is 0 Å². The maximum Gasteiger partial charge on any atom is 0.387 e. The zero-order valence-corrected chi connectivity index (χ0v) is 7.62. The van der Waals surface area contributed by atoms with E-state index in [2.05, 4.69) is 20.7 Å². The molecule has 0 saturated heterocycles. The van der Waals surface area contributed by atoms with Gasteiger partial charge in [0, 0.05) is 0 Å². The molecular formula is C7H3BrF4O. The SMILES string of the molecule is Fc1ccc(Br)c(OC(F)F)c1F. The van der Waals surface area contributed by atoms with Crippen molar-refractivity contribution >= 4 is 15.9 Å². The fourth-order valence-corrected chi connectivity index (χ4v) is 1.11. The van der Waals surface area contributed by atoms with Gasteiger partial charge < -0.3 is 4.74 Å². The van der Waals surface area contributed by atoms with E-state index in [1.165, 1.54) is 0 Å². The Balaban J connectivity index is 3.10. The molecule has 1 nitrogen and oxygen atoms in total. The summed E-state index contributed by atoms with van der Waals surface area (Å²) in [6, 6.07) is 1.88. The minimum atomic E-state index is -3.19. The predicted molar refractivity (Wildman–Crippen MR) is 40.7 cm³/mol. The Kier molecular flexibility index (Phi) is 3.13. The number of rotatable bonds is 2. The quantitative estimate of drug-likeness (QED) is 0.584. The van der Waals surface area contributed by atoms with Crippen LogP contribution in [-0.4, -0.2) is 6.61 Å². The molecule has 0 aliphatic rings. The summed E-state index contributed by atoms with van der Waals surface area (Å²) in [7, 11) is 0. The van der Waals surface area contributed by atoms with Crippen LogP contribution in [0.1, 0.15) is 0 Å². The molecule has 0 atom stereocenters. The van der Waals surface area contributed by atoms with Crippen molar-refractivity contribution < 1.29 is 22.3 Å². The van der Waals surface area contributed by atoms with E-state index in [4.69, 9.17) is 0 Å². The van der Waals surface area contributed by atoms with Gasteiger partial charge in [-0.05, 0) is 28.1 Å². The van der Waals surface area contributed by atoms with Crippen molar-refractivity contribution in [3.8, 4) is 5.75 Å². The van der Waals surface area contributed by atoms with Crippen LogP contribution in [-0.2, 0) is 0 Å². The summed E-state index contributed by atoms with van der Waals surface area (Å²) in [6.07, 6.45) is 0. The van der Waals surface area contributed by atoms with Crippen LogP contribution < -0.4 is 4.74 Å². The normalized spacial score (nSPS) is 10.6. The van der Waals surface area contributed by atoms with Gasteiger partial charge in [-0.3, -0.25) is 0 Å². The van der Waals surface area contributed by atoms with Gasteiger partial charge in [0.1, 0.15) is 0 Å². The molecule has 0 radical (unpaired) electrons. The highest BCUT2D eigenvalue weighted by Crippen LogP contribution is 2.30. The molecule has 0 amide bonds. The van der Waals surface area contributed by atoms with Crippen LogP contribution in [0.5, 0.6) is 5.75 Å². The lowest BCUT2D eigenvalue weighted by Crippen LogP contribution is -2.05. The topological polar surface area (TPSA) is 9.23 Å². The largest absolute Gasteiger partial charge is 0.430 e. The van der Waals surface area contributed by atoms with Crippen molar-refractivity contribution in [2.45, 2.75) is 6.61 Å². The van der Waals surface area contributed by atoms with Gasteiger partial charge in [0.05, 0.1) is 4.47 Å². The number of alkyl halides is 2. The fourth-order valence-electron chi connectivity index (χ4n) is 0.706. The molecular weight excluding hydrogens is 256 g/mol. The van der Waals surface area contributed by atoms with Gasteiger partial charge in [0.15, 0.2) is 11.6 Å². The number of ether oxygens (including phenoxy) is 1. The van der Waals surface area contributed by atoms with Gasteiger partial charge in [-0.25, -0.2) is 4.39 Å². The van der Waals surface area contributed by atoms with Crippen molar-refractivity contribution in [2.75, 3.05) is 0 Å². The van der Waals surface area contributed by atoms with Gasteiger partial charge in [-0.15, -0.1) is 0 Å². The molecule has 72 valence electrons. The van der Waals surface area contributed by atoms with E-state index in [1.807, 2.05) is 0 Å². The summed E-state index contributed by atoms with van der Waals surface area (Å²) in [4.78, 5) is 0. The molecule has 1 aromatic rings. The van der Waals surface area contributed by atoms with Crippen molar-refractivity contribution in [2.24, 2.45) is 0 Å². The molecule has 13 heavy (non-hydrogen) atoms. The molecule has 6 heteroatoms. The average molecular weight is 259 g/mol. The molecule has 0 saturated carbocycles. The Hall–Kier alpha value is -0.780. The first-order chi connectivity index (χ1) is 6.02. The van der Waals surface area contributed by atoms with E-state index in [-0.39, 0.29) is 4.47 Å². The lowest BCUT2D eigenvalue weighted by atomic mass is 10.3. The lowest BCUT2D eigenvalue weighted by Gasteiger charge is -2.07. The van der Waals surface area contributed by atoms with Crippen LogP contribution in [0.15, 0.2) is 16.6 Å². The third-order valence-electron chi connectivity index (χ3n) is 1.21. The zero-order chi connectivity index (χ0) is 10.0. The summed E-state index contributed by atoms with van der Waals surface area (Å²) in [6.45, 7) is -3.19. The highest BCUT2D eigenvalue weighted by atomic mass is 79.9. The molecule has 0 aromatic heterocycles. The maximum absolute atomic E-state index is 12.8. The van der Waals surface area contributed by atoms with Crippen LogP contribution in [0.25, 0.3) is 0 Å². The van der Waals surface area contributed by atoms with Gasteiger partial charge in [0.25, 0.3) is 0 Å². The zero-order valence-electron chi connectivity index (χ0n) is 6.03. The Labute approximate surface area is 79.4 Å². The Morgan fingerprint density at radius 3 is 2.38 bits per heavy atom. The molecule has 0 aliphatic carbocycles. The summed E-state index contributed by atoms with van der Waals surface area (Å²) in [5, 5.41) is 0. The Morgan fingerprint density at radius 1 is 1.23 bits per heavy atom. The molecule has 1 aromatic carbocycles. The van der Waals surface area contributed by atoms with E-state index in [1.54, 1.807) is 0 Å².